The molecular formula is C11H16PSn. The van der Waals surface area contributed by atoms with E-state index >= 15 is 0 Å². The molecule has 0 atom stereocenters. The molecule has 0 bridgehead atoms. The molecule has 0 N–H and O–H groups in total. The average molecular weight is 298 g/mol. The predicted octanol–water partition coefficient (Wildman–Crippen LogP) is 2.46. The second kappa shape index (κ2) is 4.31. The van der Waals surface area contributed by atoms with E-state index in [0.29, 0.717) is 3.43 Å². The van der Waals surface area contributed by atoms with Crippen LogP contribution in [0, 0.1) is 0 Å². The van der Waals surface area contributed by atoms with Gasteiger partial charge in [-0.25, -0.2) is 0 Å². The Morgan fingerprint density at radius 1 is 1.15 bits per heavy atom. The molecule has 0 spiro atoms. The molecule has 0 aromatic heterocycles. The van der Waals surface area contributed by atoms with Gasteiger partial charge in [0.2, 0.25) is 0 Å². The summed E-state index contributed by atoms with van der Waals surface area (Å²) in [5.74, 6) is 0. The fourth-order valence-corrected chi connectivity index (χ4v) is 3.53. The zero-order chi connectivity index (χ0) is 10.1. The van der Waals surface area contributed by atoms with E-state index in [-0.39, 0.29) is 7.92 Å². The van der Waals surface area contributed by atoms with Crippen molar-refractivity contribution in [2.75, 3.05) is 13.3 Å². The molecule has 0 amide bonds. The summed E-state index contributed by atoms with van der Waals surface area (Å²) in [6.07, 6.45) is 0. The van der Waals surface area contributed by atoms with Gasteiger partial charge in [0.25, 0.3) is 0 Å². The third-order valence-corrected chi connectivity index (χ3v) is 4.18. The van der Waals surface area contributed by atoms with E-state index < -0.39 is 0 Å². The fourth-order valence-electron chi connectivity index (χ4n) is 1.39. The standard InChI is InChI=1S/C11H16P.Sn/c1-9(2)10-7-5-6-8-11(10)12(3)4;/h5-8H,1-4H3;. The number of rotatable bonds is 2. The Bertz CT molecular complexity index is 286. The van der Waals surface area contributed by atoms with Crippen LogP contribution in [0.3, 0.4) is 0 Å². The Balaban J connectivity index is 3.20. The second-order valence-electron chi connectivity index (χ2n) is 4.04. The Morgan fingerprint density at radius 2 is 1.69 bits per heavy atom. The molecule has 0 heterocycles. The van der Waals surface area contributed by atoms with Crippen LogP contribution in [0.4, 0.5) is 0 Å². The first kappa shape index (κ1) is 11.5. The van der Waals surface area contributed by atoms with Gasteiger partial charge < -0.3 is 0 Å². The molecule has 0 aliphatic heterocycles. The molecule has 0 aliphatic rings. The predicted molar refractivity (Wildman–Crippen MR) is 63.6 cm³/mol. The van der Waals surface area contributed by atoms with Gasteiger partial charge >= 0.3 is 96.2 Å². The van der Waals surface area contributed by atoms with Crippen molar-refractivity contribution in [2.45, 2.75) is 17.3 Å². The first-order valence-corrected chi connectivity index (χ1v) is 8.11. The monoisotopic (exact) mass is 299 g/mol. The molecule has 1 rings (SSSR count). The van der Waals surface area contributed by atoms with Crippen molar-refractivity contribution in [3.05, 3.63) is 29.8 Å². The maximum absolute atomic E-state index is 2.33. The number of benzene rings is 1. The van der Waals surface area contributed by atoms with Gasteiger partial charge in [0.05, 0.1) is 0 Å². The van der Waals surface area contributed by atoms with Gasteiger partial charge in [-0.15, -0.1) is 0 Å². The summed E-state index contributed by atoms with van der Waals surface area (Å²) in [7, 11) is 0.0338. The Hall–Kier alpha value is 0.449. The first-order chi connectivity index (χ1) is 5.93. The van der Waals surface area contributed by atoms with E-state index in [9.17, 15) is 0 Å². The molecule has 3 radical (unpaired) electrons. The van der Waals surface area contributed by atoms with E-state index in [1.807, 2.05) is 0 Å². The van der Waals surface area contributed by atoms with Gasteiger partial charge in [-0.2, -0.15) is 0 Å². The number of hydrogen-bond donors (Lipinski definition) is 0. The van der Waals surface area contributed by atoms with Crippen molar-refractivity contribution in [3.8, 4) is 0 Å². The van der Waals surface area contributed by atoms with Crippen LogP contribution >= 0.6 is 7.92 Å². The molecule has 13 heavy (non-hydrogen) atoms. The molecule has 69 valence electrons. The summed E-state index contributed by atoms with van der Waals surface area (Å²) in [4.78, 5) is 0. The van der Waals surface area contributed by atoms with Crippen molar-refractivity contribution < 1.29 is 0 Å². The molecule has 0 unspecified atom stereocenters. The normalized spacial score (nSPS) is 12.2. The van der Waals surface area contributed by atoms with Crippen LogP contribution in [0.15, 0.2) is 24.3 Å². The zero-order valence-electron chi connectivity index (χ0n) is 8.76. The molecule has 0 fully saturated rings. The third-order valence-electron chi connectivity index (χ3n) is 2.06. The van der Waals surface area contributed by atoms with Gasteiger partial charge in [0, 0.05) is 0 Å². The van der Waals surface area contributed by atoms with Gasteiger partial charge in [-0.1, -0.05) is 0 Å². The van der Waals surface area contributed by atoms with Gasteiger partial charge in [0.15, 0.2) is 0 Å². The van der Waals surface area contributed by atoms with Crippen molar-refractivity contribution in [1.82, 2.24) is 0 Å². The molecule has 0 nitrogen and oxygen atoms in total. The molecule has 0 saturated carbocycles. The van der Waals surface area contributed by atoms with Crippen LogP contribution < -0.4 is 5.30 Å². The summed E-state index contributed by atoms with van der Waals surface area (Å²) in [6.45, 7) is 9.30. The quantitative estimate of drug-likeness (QED) is 0.581. The van der Waals surface area contributed by atoms with Crippen molar-refractivity contribution in [2.24, 2.45) is 0 Å². The Morgan fingerprint density at radius 3 is 2.08 bits per heavy atom. The summed E-state index contributed by atoms with van der Waals surface area (Å²) >= 11 is 1.59. The van der Waals surface area contributed by atoms with Gasteiger partial charge in [0.1, 0.15) is 0 Å². The van der Waals surface area contributed by atoms with Crippen LogP contribution in [-0.4, -0.2) is 35.9 Å². The first-order valence-electron chi connectivity index (χ1n) is 4.45. The van der Waals surface area contributed by atoms with E-state index in [2.05, 4.69) is 51.4 Å². The Labute approximate surface area is 96.0 Å². The SMILES string of the molecule is CP(C)c1ccccc1[C](C)(C)[Sn]. The fraction of sp³-hybridized carbons (Fsp3) is 0.455. The summed E-state index contributed by atoms with van der Waals surface area (Å²) in [5.41, 5.74) is 1.55. The minimum atomic E-state index is 0.0338. The topological polar surface area (TPSA) is 0 Å². The van der Waals surface area contributed by atoms with E-state index in [4.69, 9.17) is 0 Å². The molecule has 1 aromatic carbocycles. The van der Waals surface area contributed by atoms with Gasteiger partial charge in [-0.05, 0) is 0 Å². The van der Waals surface area contributed by atoms with E-state index in [0.717, 1.165) is 0 Å². The van der Waals surface area contributed by atoms with Crippen LogP contribution in [0.2, 0.25) is 0 Å². The van der Waals surface area contributed by atoms with Crippen LogP contribution in [-0.2, 0) is 3.43 Å². The summed E-state index contributed by atoms with van der Waals surface area (Å²) < 4.78 is 0.371. The molecule has 2 heteroatoms. The van der Waals surface area contributed by atoms with Crippen LogP contribution in [0.25, 0.3) is 0 Å². The second-order valence-corrected chi connectivity index (χ2v) is 9.87. The van der Waals surface area contributed by atoms with Crippen molar-refractivity contribution in [3.63, 3.8) is 0 Å². The molecule has 1 aromatic rings. The van der Waals surface area contributed by atoms with Crippen molar-refractivity contribution >= 4 is 35.8 Å². The van der Waals surface area contributed by atoms with Crippen LogP contribution in [0.1, 0.15) is 19.4 Å². The zero-order valence-corrected chi connectivity index (χ0v) is 12.5. The molecule has 0 saturated heterocycles. The average Bonchev–Trinajstić information content (AvgIpc) is 2.03. The summed E-state index contributed by atoms with van der Waals surface area (Å²) in [6, 6.07) is 8.88. The minimum absolute atomic E-state index is 0.0338. The third kappa shape index (κ3) is 2.95. The Kier molecular flexibility index (Phi) is 3.82. The maximum atomic E-state index is 2.33. The summed E-state index contributed by atoms with van der Waals surface area (Å²) in [5, 5.41) is 1.57. The van der Waals surface area contributed by atoms with E-state index in [1.165, 1.54) is 0 Å². The van der Waals surface area contributed by atoms with Gasteiger partial charge in [-0.3, -0.25) is 0 Å². The number of hydrogen-bond acceptors (Lipinski definition) is 0. The van der Waals surface area contributed by atoms with Crippen molar-refractivity contribution in [1.29, 1.82) is 0 Å². The molecular weight excluding hydrogens is 282 g/mol. The molecule has 0 aliphatic carbocycles. The van der Waals surface area contributed by atoms with E-state index in [1.54, 1.807) is 33.4 Å². The van der Waals surface area contributed by atoms with Crippen LogP contribution in [0.5, 0.6) is 0 Å².